The van der Waals surface area contributed by atoms with Gasteiger partial charge in [-0.25, -0.2) is 8.78 Å². The molecule has 66 valence electrons. The zero-order chi connectivity index (χ0) is 8.32. The highest BCUT2D eigenvalue weighted by atomic mass is 19.3. The molecule has 1 atom stereocenters. The summed E-state index contributed by atoms with van der Waals surface area (Å²) in [5, 5.41) is 0. The van der Waals surface area contributed by atoms with E-state index >= 15 is 0 Å². The van der Waals surface area contributed by atoms with E-state index < -0.39 is 12.5 Å². The molecule has 1 rings (SSSR count). The Labute approximate surface area is 64.7 Å². The van der Waals surface area contributed by atoms with E-state index in [0.717, 1.165) is 6.42 Å². The predicted molar refractivity (Wildman–Crippen MR) is 37.5 cm³/mol. The maximum atomic E-state index is 12.6. The van der Waals surface area contributed by atoms with Crippen molar-refractivity contribution in [3.63, 3.8) is 0 Å². The molecule has 0 aromatic carbocycles. The van der Waals surface area contributed by atoms with Gasteiger partial charge < -0.3 is 10.5 Å². The highest BCUT2D eigenvalue weighted by Crippen LogP contribution is 2.27. The van der Waals surface area contributed by atoms with Gasteiger partial charge in [-0.05, 0) is 12.3 Å². The average Bonchev–Trinajstić information content (AvgIpc) is 2.39. The summed E-state index contributed by atoms with van der Waals surface area (Å²) in [6.45, 7) is 0.532. The van der Waals surface area contributed by atoms with Crippen LogP contribution in [0.5, 0.6) is 0 Å². The molecule has 0 aromatic rings. The Hall–Kier alpha value is -0.220. The molecular weight excluding hydrogens is 152 g/mol. The number of ether oxygens (including phenoxy) is 1. The lowest BCUT2D eigenvalue weighted by Gasteiger charge is -2.16. The smallest absolute Gasteiger partial charge is 0.260 e. The zero-order valence-corrected chi connectivity index (χ0v) is 6.35. The Kier molecular flexibility index (Phi) is 2.78. The van der Waals surface area contributed by atoms with E-state index in [1.807, 2.05) is 0 Å². The van der Waals surface area contributed by atoms with Crippen molar-refractivity contribution in [1.29, 1.82) is 0 Å². The normalized spacial score (nSPS) is 25.9. The second-order valence-corrected chi connectivity index (χ2v) is 2.99. The Morgan fingerprint density at radius 1 is 1.55 bits per heavy atom. The molecule has 1 heterocycles. The Bertz CT molecular complexity index is 124. The van der Waals surface area contributed by atoms with E-state index in [1.54, 1.807) is 0 Å². The first-order chi connectivity index (χ1) is 5.14. The molecule has 0 spiro atoms. The molecule has 2 nitrogen and oxygen atoms in total. The molecule has 1 saturated heterocycles. The van der Waals surface area contributed by atoms with Crippen molar-refractivity contribution in [2.45, 2.75) is 18.8 Å². The van der Waals surface area contributed by atoms with Gasteiger partial charge in [-0.15, -0.1) is 0 Å². The Morgan fingerprint density at radius 3 is 2.73 bits per heavy atom. The van der Waals surface area contributed by atoms with Gasteiger partial charge in [-0.3, -0.25) is 0 Å². The van der Waals surface area contributed by atoms with Gasteiger partial charge >= 0.3 is 0 Å². The van der Waals surface area contributed by atoms with Gasteiger partial charge in [0.05, 0.1) is 6.54 Å². The highest BCUT2D eigenvalue weighted by Gasteiger charge is 2.32. The van der Waals surface area contributed by atoms with Crippen molar-refractivity contribution in [3.05, 3.63) is 0 Å². The number of rotatable bonds is 3. The van der Waals surface area contributed by atoms with Crippen molar-refractivity contribution in [1.82, 2.24) is 0 Å². The minimum atomic E-state index is -2.70. The third kappa shape index (κ3) is 2.71. The average molecular weight is 165 g/mol. The highest BCUT2D eigenvalue weighted by molar-refractivity contribution is 4.75. The molecule has 0 saturated carbocycles. The van der Waals surface area contributed by atoms with Crippen molar-refractivity contribution in [2.75, 3.05) is 19.8 Å². The Balaban J connectivity index is 2.28. The van der Waals surface area contributed by atoms with Gasteiger partial charge in [0.25, 0.3) is 5.92 Å². The van der Waals surface area contributed by atoms with Crippen LogP contribution in [0.4, 0.5) is 8.78 Å². The van der Waals surface area contributed by atoms with Gasteiger partial charge in [0, 0.05) is 19.6 Å². The van der Waals surface area contributed by atoms with Crippen LogP contribution >= 0.6 is 0 Å². The molecule has 0 amide bonds. The summed E-state index contributed by atoms with van der Waals surface area (Å²) < 4.78 is 30.2. The van der Waals surface area contributed by atoms with E-state index in [-0.39, 0.29) is 12.3 Å². The molecule has 0 aliphatic carbocycles. The van der Waals surface area contributed by atoms with Gasteiger partial charge in [0.2, 0.25) is 0 Å². The molecule has 1 aliphatic heterocycles. The van der Waals surface area contributed by atoms with Crippen molar-refractivity contribution in [2.24, 2.45) is 11.7 Å². The molecule has 1 aliphatic rings. The third-order valence-corrected chi connectivity index (χ3v) is 1.91. The minimum absolute atomic E-state index is 0.00792. The SMILES string of the molecule is NCC(F)(F)CC1CCOC1. The summed E-state index contributed by atoms with van der Waals surface area (Å²) in [6.07, 6.45) is 0.624. The standard InChI is InChI=1S/C7H13F2NO/c8-7(9,5-10)3-6-1-2-11-4-6/h6H,1-5,10H2. The van der Waals surface area contributed by atoms with E-state index in [2.05, 4.69) is 0 Å². The molecule has 1 fully saturated rings. The van der Waals surface area contributed by atoms with Gasteiger partial charge in [0.1, 0.15) is 0 Å². The lowest BCUT2D eigenvalue weighted by Crippen LogP contribution is -2.30. The quantitative estimate of drug-likeness (QED) is 0.677. The summed E-state index contributed by atoms with van der Waals surface area (Å²) in [6, 6.07) is 0. The summed E-state index contributed by atoms with van der Waals surface area (Å²) >= 11 is 0. The molecule has 0 aromatic heterocycles. The summed E-state index contributed by atoms with van der Waals surface area (Å²) in [7, 11) is 0. The van der Waals surface area contributed by atoms with E-state index in [0.29, 0.717) is 13.2 Å². The fraction of sp³-hybridized carbons (Fsp3) is 1.00. The van der Waals surface area contributed by atoms with Gasteiger partial charge in [-0.2, -0.15) is 0 Å². The van der Waals surface area contributed by atoms with Crippen molar-refractivity contribution < 1.29 is 13.5 Å². The lowest BCUT2D eigenvalue weighted by molar-refractivity contribution is -0.0147. The lowest BCUT2D eigenvalue weighted by atomic mass is 10.0. The molecule has 4 heteroatoms. The van der Waals surface area contributed by atoms with Crippen LogP contribution in [0.3, 0.4) is 0 Å². The van der Waals surface area contributed by atoms with Crippen LogP contribution in [0, 0.1) is 5.92 Å². The largest absolute Gasteiger partial charge is 0.381 e. The van der Waals surface area contributed by atoms with E-state index in [4.69, 9.17) is 10.5 Å². The van der Waals surface area contributed by atoms with Crippen LogP contribution in [-0.4, -0.2) is 25.7 Å². The molecular formula is C7H13F2NO. The number of hydrogen-bond acceptors (Lipinski definition) is 2. The summed E-state index contributed by atoms with van der Waals surface area (Å²) in [5.74, 6) is -2.69. The van der Waals surface area contributed by atoms with Crippen molar-refractivity contribution >= 4 is 0 Å². The molecule has 0 radical (unpaired) electrons. The van der Waals surface area contributed by atoms with E-state index in [1.165, 1.54) is 0 Å². The first-order valence-electron chi connectivity index (χ1n) is 3.80. The van der Waals surface area contributed by atoms with Crippen LogP contribution in [-0.2, 0) is 4.74 Å². The fourth-order valence-electron chi connectivity index (χ4n) is 1.25. The maximum Gasteiger partial charge on any atom is 0.260 e. The number of halogens is 2. The van der Waals surface area contributed by atoms with Crippen LogP contribution in [0.25, 0.3) is 0 Å². The summed E-state index contributed by atoms with van der Waals surface area (Å²) in [4.78, 5) is 0. The Morgan fingerprint density at radius 2 is 2.27 bits per heavy atom. The third-order valence-electron chi connectivity index (χ3n) is 1.91. The second-order valence-electron chi connectivity index (χ2n) is 2.99. The molecule has 0 bridgehead atoms. The fourth-order valence-corrected chi connectivity index (χ4v) is 1.25. The molecule has 2 N–H and O–H groups in total. The maximum absolute atomic E-state index is 12.6. The van der Waals surface area contributed by atoms with Crippen molar-refractivity contribution in [3.8, 4) is 0 Å². The van der Waals surface area contributed by atoms with Crippen LogP contribution in [0.2, 0.25) is 0 Å². The number of hydrogen-bond donors (Lipinski definition) is 1. The minimum Gasteiger partial charge on any atom is -0.381 e. The monoisotopic (exact) mass is 165 g/mol. The zero-order valence-electron chi connectivity index (χ0n) is 6.35. The van der Waals surface area contributed by atoms with Crippen LogP contribution in [0.1, 0.15) is 12.8 Å². The van der Waals surface area contributed by atoms with Crippen LogP contribution in [0.15, 0.2) is 0 Å². The van der Waals surface area contributed by atoms with E-state index in [9.17, 15) is 8.78 Å². The number of alkyl halides is 2. The molecule has 1 unspecified atom stereocenters. The number of nitrogens with two attached hydrogens (primary N) is 1. The first-order valence-corrected chi connectivity index (χ1v) is 3.80. The van der Waals surface area contributed by atoms with Gasteiger partial charge in [0.15, 0.2) is 0 Å². The summed E-state index contributed by atoms with van der Waals surface area (Å²) in [5.41, 5.74) is 4.89. The van der Waals surface area contributed by atoms with Crippen LogP contribution < -0.4 is 5.73 Å². The predicted octanol–water partition coefficient (Wildman–Crippen LogP) is 1.01. The topological polar surface area (TPSA) is 35.2 Å². The first kappa shape index (κ1) is 8.87. The van der Waals surface area contributed by atoms with Gasteiger partial charge in [-0.1, -0.05) is 0 Å². The molecule has 11 heavy (non-hydrogen) atoms. The second kappa shape index (κ2) is 3.45.